The quantitative estimate of drug-likeness (QED) is 0.213. The van der Waals surface area contributed by atoms with Crippen molar-refractivity contribution in [3.63, 3.8) is 0 Å². The van der Waals surface area contributed by atoms with E-state index in [0.717, 1.165) is 31.1 Å². The number of rotatable bonds is 15. The second-order valence-corrected chi connectivity index (χ2v) is 9.59. The molecule has 0 radical (unpaired) electrons. The fourth-order valence-corrected chi connectivity index (χ4v) is 3.86. The van der Waals surface area contributed by atoms with E-state index in [1.807, 2.05) is 18.2 Å². The molecule has 2 N–H and O–H groups in total. The molecule has 1 aliphatic heterocycles. The average Bonchev–Trinajstić information content (AvgIpc) is 3.21. The van der Waals surface area contributed by atoms with E-state index >= 15 is 0 Å². The Kier molecular flexibility index (Phi) is 22.9. The minimum absolute atomic E-state index is 0.705. The van der Waals surface area contributed by atoms with Crippen molar-refractivity contribution in [2.45, 2.75) is 104 Å². The number of benzene rings is 1. The van der Waals surface area contributed by atoms with Crippen LogP contribution in [0.3, 0.4) is 0 Å². The standard InChI is InChI=1S/C13H21NO.C11H22.C6H13N/c1-2-3-4-11-15-13-7-5-12(6-8-13)9-10-14;1-3-5-7-9-11-10-8-6-4-2;1-6-3-4-7(2)5-6/h5-8H,2-4,9-11,14H2,1H3;3H,1,4-11H2,2H3;6H,3-5H2,1-2H3. The zero-order valence-corrected chi connectivity index (χ0v) is 22.6. The molecule has 1 aromatic carbocycles. The topological polar surface area (TPSA) is 38.5 Å². The summed E-state index contributed by atoms with van der Waals surface area (Å²) in [6.45, 7) is 14.6. The third kappa shape index (κ3) is 21.0. The molecule has 192 valence electrons. The Morgan fingerprint density at radius 2 is 1.58 bits per heavy atom. The highest BCUT2D eigenvalue weighted by Gasteiger charge is 2.13. The van der Waals surface area contributed by atoms with Crippen LogP contribution >= 0.6 is 0 Å². The zero-order valence-electron chi connectivity index (χ0n) is 22.6. The maximum absolute atomic E-state index is 5.61. The Balaban J connectivity index is 0.000000498. The van der Waals surface area contributed by atoms with Crippen molar-refractivity contribution in [1.29, 1.82) is 0 Å². The molecule has 1 fully saturated rings. The van der Waals surface area contributed by atoms with Crippen LogP contribution in [0.15, 0.2) is 36.9 Å². The third-order valence-corrected chi connectivity index (χ3v) is 6.01. The van der Waals surface area contributed by atoms with E-state index in [4.69, 9.17) is 10.5 Å². The van der Waals surface area contributed by atoms with Crippen LogP contribution in [0.25, 0.3) is 0 Å². The maximum Gasteiger partial charge on any atom is 0.119 e. The fourth-order valence-electron chi connectivity index (χ4n) is 3.86. The average molecular weight is 461 g/mol. The Bertz CT molecular complexity index is 521. The van der Waals surface area contributed by atoms with Crippen molar-refractivity contribution >= 4 is 0 Å². The van der Waals surface area contributed by atoms with Gasteiger partial charge in [-0.05, 0) is 75.9 Å². The van der Waals surface area contributed by atoms with Crippen LogP contribution in [-0.2, 0) is 6.42 Å². The highest BCUT2D eigenvalue weighted by Crippen LogP contribution is 2.13. The van der Waals surface area contributed by atoms with Gasteiger partial charge in [0, 0.05) is 6.54 Å². The summed E-state index contributed by atoms with van der Waals surface area (Å²) >= 11 is 0. The molecule has 0 amide bonds. The summed E-state index contributed by atoms with van der Waals surface area (Å²) in [6.07, 6.45) is 19.0. The molecule has 0 spiro atoms. The third-order valence-electron chi connectivity index (χ3n) is 6.01. The van der Waals surface area contributed by atoms with Gasteiger partial charge >= 0.3 is 0 Å². The van der Waals surface area contributed by atoms with Crippen LogP contribution in [0.2, 0.25) is 0 Å². The predicted octanol–water partition coefficient (Wildman–Crippen LogP) is 8.03. The molecule has 3 heteroatoms. The lowest BCUT2D eigenvalue weighted by Gasteiger charge is -2.06. The first kappa shape index (κ1) is 31.7. The highest BCUT2D eigenvalue weighted by molar-refractivity contribution is 5.27. The number of hydrogen-bond acceptors (Lipinski definition) is 3. The number of likely N-dealkylation sites (tertiary alicyclic amines) is 1. The number of nitrogens with two attached hydrogens (primary N) is 1. The van der Waals surface area contributed by atoms with Gasteiger partial charge < -0.3 is 15.4 Å². The number of unbranched alkanes of at least 4 members (excludes halogenated alkanes) is 9. The molecule has 3 nitrogen and oxygen atoms in total. The molecule has 1 heterocycles. The summed E-state index contributed by atoms with van der Waals surface area (Å²) in [4.78, 5) is 2.38. The number of ether oxygens (including phenoxy) is 1. The van der Waals surface area contributed by atoms with Gasteiger partial charge in [0.15, 0.2) is 0 Å². The van der Waals surface area contributed by atoms with Crippen molar-refractivity contribution in [2.24, 2.45) is 11.7 Å². The summed E-state index contributed by atoms with van der Waals surface area (Å²) in [5.41, 5.74) is 6.76. The Labute approximate surface area is 207 Å². The minimum atomic E-state index is 0.705. The molecule has 1 aliphatic rings. The molecule has 1 aromatic rings. The van der Waals surface area contributed by atoms with Crippen molar-refractivity contribution in [2.75, 3.05) is 33.3 Å². The van der Waals surface area contributed by atoms with E-state index < -0.39 is 0 Å². The van der Waals surface area contributed by atoms with Crippen molar-refractivity contribution in [3.05, 3.63) is 42.5 Å². The van der Waals surface area contributed by atoms with Gasteiger partial charge in [0.25, 0.3) is 0 Å². The summed E-state index contributed by atoms with van der Waals surface area (Å²) in [7, 11) is 2.18. The van der Waals surface area contributed by atoms with E-state index in [2.05, 4.69) is 51.4 Å². The molecule has 1 unspecified atom stereocenters. The van der Waals surface area contributed by atoms with Gasteiger partial charge in [-0.15, -0.1) is 6.58 Å². The van der Waals surface area contributed by atoms with E-state index in [0.29, 0.717) is 6.54 Å². The zero-order chi connectivity index (χ0) is 24.6. The second kappa shape index (κ2) is 23.8. The van der Waals surface area contributed by atoms with Crippen molar-refractivity contribution in [1.82, 2.24) is 4.90 Å². The van der Waals surface area contributed by atoms with Crippen LogP contribution in [-0.4, -0.2) is 38.2 Å². The van der Waals surface area contributed by atoms with Crippen LogP contribution < -0.4 is 10.5 Å². The number of nitrogens with zero attached hydrogens (tertiary/aromatic N) is 1. The SMILES string of the molecule is C=CCCCCCCCCC.CC1CCN(C)C1.CCCCCOc1ccc(CCN)cc1. The van der Waals surface area contributed by atoms with Gasteiger partial charge in [-0.2, -0.15) is 0 Å². The van der Waals surface area contributed by atoms with Gasteiger partial charge in [-0.1, -0.05) is 90.3 Å². The van der Waals surface area contributed by atoms with E-state index in [-0.39, 0.29) is 0 Å². The Hall–Kier alpha value is -1.32. The number of hydrogen-bond donors (Lipinski definition) is 1. The number of allylic oxidation sites excluding steroid dienone is 1. The lowest BCUT2D eigenvalue weighted by Crippen LogP contribution is -2.12. The summed E-state index contributed by atoms with van der Waals surface area (Å²) in [5, 5.41) is 0. The highest BCUT2D eigenvalue weighted by atomic mass is 16.5. The van der Waals surface area contributed by atoms with Gasteiger partial charge in [0.2, 0.25) is 0 Å². The lowest BCUT2D eigenvalue weighted by molar-refractivity contribution is 0.306. The summed E-state index contributed by atoms with van der Waals surface area (Å²) in [6, 6.07) is 8.22. The summed E-state index contributed by atoms with van der Waals surface area (Å²) < 4.78 is 5.61. The molecular formula is C30H56N2O. The molecule has 1 saturated heterocycles. The first-order chi connectivity index (χ1) is 16.1. The van der Waals surface area contributed by atoms with E-state index in [9.17, 15) is 0 Å². The smallest absolute Gasteiger partial charge is 0.119 e. The molecule has 0 bridgehead atoms. The monoisotopic (exact) mass is 460 g/mol. The first-order valence-electron chi connectivity index (χ1n) is 13.8. The summed E-state index contributed by atoms with van der Waals surface area (Å²) in [5.74, 6) is 1.91. The van der Waals surface area contributed by atoms with Crippen LogP contribution in [0, 0.1) is 5.92 Å². The molecule has 0 saturated carbocycles. The molecule has 1 atom stereocenters. The molecule has 0 aliphatic carbocycles. The lowest BCUT2D eigenvalue weighted by atomic mass is 10.1. The van der Waals surface area contributed by atoms with Crippen molar-refractivity contribution < 1.29 is 4.74 Å². The molecule has 0 aromatic heterocycles. The maximum atomic E-state index is 5.61. The van der Waals surface area contributed by atoms with Gasteiger partial charge in [-0.25, -0.2) is 0 Å². The van der Waals surface area contributed by atoms with Crippen molar-refractivity contribution in [3.8, 4) is 5.75 Å². The normalized spacial score (nSPS) is 15.2. The molecular weight excluding hydrogens is 404 g/mol. The van der Waals surface area contributed by atoms with Gasteiger partial charge in [0.1, 0.15) is 5.75 Å². The molecule has 2 rings (SSSR count). The molecule has 33 heavy (non-hydrogen) atoms. The van der Waals surface area contributed by atoms with Gasteiger partial charge in [-0.3, -0.25) is 0 Å². The Morgan fingerprint density at radius 3 is 2.06 bits per heavy atom. The van der Waals surface area contributed by atoms with Gasteiger partial charge in [0.05, 0.1) is 6.61 Å². The minimum Gasteiger partial charge on any atom is -0.494 e. The van der Waals surface area contributed by atoms with E-state index in [1.165, 1.54) is 89.3 Å². The fraction of sp³-hybridized carbons (Fsp3) is 0.733. The first-order valence-corrected chi connectivity index (χ1v) is 13.8. The van der Waals surface area contributed by atoms with Crippen LogP contribution in [0.1, 0.15) is 103 Å². The van der Waals surface area contributed by atoms with E-state index in [1.54, 1.807) is 0 Å². The second-order valence-electron chi connectivity index (χ2n) is 9.59. The van der Waals surface area contributed by atoms with Crippen LogP contribution in [0.4, 0.5) is 0 Å². The van der Waals surface area contributed by atoms with Crippen LogP contribution in [0.5, 0.6) is 5.75 Å². The predicted molar refractivity (Wildman–Crippen MR) is 148 cm³/mol. The Morgan fingerprint density at radius 1 is 0.970 bits per heavy atom. The largest absolute Gasteiger partial charge is 0.494 e.